The summed E-state index contributed by atoms with van der Waals surface area (Å²) in [6, 6.07) is 17.9. The van der Waals surface area contributed by atoms with E-state index in [1.165, 1.54) is 11.3 Å². The van der Waals surface area contributed by atoms with Gasteiger partial charge < -0.3 is 4.74 Å². The Morgan fingerprint density at radius 2 is 1.83 bits per heavy atom. The number of thiazole rings is 1. The number of hydrazone groups is 1. The zero-order chi connectivity index (χ0) is 16.1. The number of rotatable bonds is 5. The molecule has 116 valence electrons. The highest BCUT2D eigenvalue weighted by Crippen LogP contribution is 2.25. The van der Waals surface area contributed by atoms with Gasteiger partial charge in [0.25, 0.3) is 0 Å². The van der Waals surface area contributed by atoms with Crippen molar-refractivity contribution in [2.24, 2.45) is 5.10 Å². The lowest BCUT2D eigenvalue weighted by atomic mass is 10.1. The van der Waals surface area contributed by atoms with E-state index in [4.69, 9.17) is 4.74 Å². The molecule has 0 atom stereocenters. The highest BCUT2D eigenvalue weighted by molar-refractivity contribution is 7.14. The van der Waals surface area contributed by atoms with E-state index >= 15 is 0 Å². The van der Waals surface area contributed by atoms with Crippen LogP contribution >= 0.6 is 11.3 Å². The van der Waals surface area contributed by atoms with E-state index in [9.17, 15) is 0 Å². The number of hydrogen-bond donors (Lipinski definition) is 1. The number of hydrogen-bond acceptors (Lipinski definition) is 5. The van der Waals surface area contributed by atoms with E-state index in [0.717, 1.165) is 33.4 Å². The Labute approximate surface area is 139 Å². The van der Waals surface area contributed by atoms with Crippen LogP contribution in [0.1, 0.15) is 12.5 Å². The van der Waals surface area contributed by atoms with Gasteiger partial charge in [0.05, 0.1) is 18.5 Å². The quantitative estimate of drug-likeness (QED) is 0.549. The van der Waals surface area contributed by atoms with Crippen LogP contribution in [-0.2, 0) is 0 Å². The number of para-hydroxylation sites is 1. The average molecular weight is 323 g/mol. The summed E-state index contributed by atoms with van der Waals surface area (Å²) >= 11 is 1.53. The molecule has 3 rings (SSSR count). The van der Waals surface area contributed by atoms with Gasteiger partial charge in [0.2, 0.25) is 5.13 Å². The second-order valence-corrected chi connectivity index (χ2v) is 5.77. The Morgan fingerprint density at radius 1 is 1.09 bits per heavy atom. The molecule has 1 heterocycles. The minimum Gasteiger partial charge on any atom is -0.496 e. The molecular formula is C18H17N3OS. The van der Waals surface area contributed by atoms with Crippen LogP contribution in [0.3, 0.4) is 0 Å². The van der Waals surface area contributed by atoms with Crippen LogP contribution in [0.25, 0.3) is 11.3 Å². The van der Waals surface area contributed by atoms with Crippen LogP contribution < -0.4 is 10.2 Å². The first-order valence-electron chi connectivity index (χ1n) is 7.22. The highest BCUT2D eigenvalue weighted by atomic mass is 32.1. The molecule has 0 amide bonds. The van der Waals surface area contributed by atoms with E-state index in [1.54, 1.807) is 7.11 Å². The van der Waals surface area contributed by atoms with Crippen LogP contribution in [0.15, 0.2) is 65.1 Å². The first-order chi connectivity index (χ1) is 11.3. The molecule has 0 saturated carbocycles. The largest absolute Gasteiger partial charge is 0.496 e. The summed E-state index contributed by atoms with van der Waals surface area (Å²) < 4.78 is 5.36. The van der Waals surface area contributed by atoms with Crippen molar-refractivity contribution in [3.8, 4) is 17.0 Å². The van der Waals surface area contributed by atoms with E-state index in [0.29, 0.717) is 0 Å². The maximum atomic E-state index is 5.36. The zero-order valence-corrected chi connectivity index (χ0v) is 13.8. The van der Waals surface area contributed by atoms with Gasteiger partial charge in [-0.2, -0.15) is 5.10 Å². The zero-order valence-electron chi connectivity index (χ0n) is 13.0. The first kappa shape index (κ1) is 15.2. The van der Waals surface area contributed by atoms with Gasteiger partial charge in [-0.25, -0.2) is 4.98 Å². The number of methoxy groups -OCH3 is 1. The summed E-state index contributed by atoms with van der Waals surface area (Å²) in [6.07, 6.45) is 0. The summed E-state index contributed by atoms with van der Waals surface area (Å²) in [5.41, 5.74) is 6.88. The summed E-state index contributed by atoms with van der Waals surface area (Å²) in [4.78, 5) is 4.56. The molecule has 0 radical (unpaired) electrons. The number of nitrogens with zero attached hydrogens (tertiary/aromatic N) is 2. The van der Waals surface area contributed by atoms with Gasteiger partial charge >= 0.3 is 0 Å². The molecule has 2 aromatic carbocycles. The highest BCUT2D eigenvalue weighted by Gasteiger charge is 2.06. The summed E-state index contributed by atoms with van der Waals surface area (Å²) in [6.45, 7) is 1.94. The molecule has 0 bridgehead atoms. The molecule has 0 saturated heterocycles. The van der Waals surface area contributed by atoms with Crippen molar-refractivity contribution in [2.45, 2.75) is 6.92 Å². The predicted octanol–water partition coefficient (Wildman–Crippen LogP) is 4.65. The lowest BCUT2D eigenvalue weighted by molar-refractivity contribution is 0.414. The Balaban J connectivity index is 1.76. The van der Waals surface area contributed by atoms with Crippen molar-refractivity contribution < 1.29 is 4.74 Å². The van der Waals surface area contributed by atoms with Gasteiger partial charge in [-0.15, -0.1) is 11.3 Å². The van der Waals surface area contributed by atoms with Gasteiger partial charge in [-0.1, -0.05) is 42.5 Å². The molecule has 3 aromatic rings. The third-order valence-corrected chi connectivity index (χ3v) is 4.14. The number of nitrogens with one attached hydrogen (secondary N) is 1. The monoisotopic (exact) mass is 323 g/mol. The van der Waals surface area contributed by atoms with Crippen LogP contribution in [0, 0.1) is 0 Å². The van der Waals surface area contributed by atoms with E-state index in [1.807, 2.05) is 66.9 Å². The van der Waals surface area contributed by atoms with Crippen molar-refractivity contribution in [3.05, 3.63) is 65.5 Å². The van der Waals surface area contributed by atoms with Gasteiger partial charge in [0, 0.05) is 16.5 Å². The minimum atomic E-state index is 0.762. The number of aromatic nitrogens is 1. The van der Waals surface area contributed by atoms with Crippen molar-refractivity contribution in [2.75, 3.05) is 12.5 Å². The van der Waals surface area contributed by atoms with E-state index < -0.39 is 0 Å². The maximum Gasteiger partial charge on any atom is 0.203 e. The molecule has 0 aliphatic carbocycles. The molecule has 1 aromatic heterocycles. The van der Waals surface area contributed by atoms with E-state index in [-0.39, 0.29) is 0 Å². The lowest BCUT2D eigenvalue weighted by Gasteiger charge is -2.07. The molecule has 0 aliphatic heterocycles. The fourth-order valence-corrected chi connectivity index (χ4v) is 2.86. The molecule has 0 unspecified atom stereocenters. The standard InChI is InChI=1S/C18H17N3OS/c1-13(15-10-6-7-11-17(15)22-2)20-21-18-19-16(12-23-18)14-8-4-3-5-9-14/h3-12H,1-2H3,(H,19,21)/b20-13+. The van der Waals surface area contributed by atoms with Crippen LogP contribution in [0.2, 0.25) is 0 Å². The summed E-state index contributed by atoms with van der Waals surface area (Å²) in [5, 5.41) is 7.20. The Kier molecular flexibility index (Phi) is 4.68. The molecular weight excluding hydrogens is 306 g/mol. The topological polar surface area (TPSA) is 46.5 Å². The third kappa shape index (κ3) is 3.57. The van der Waals surface area contributed by atoms with Gasteiger partial charge in [-0.3, -0.25) is 5.43 Å². The molecule has 0 spiro atoms. The maximum absolute atomic E-state index is 5.36. The smallest absolute Gasteiger partial charge is 0.203 e. The summed E-state index contributed by atoms with van der Waals surface area (Å²) in [7, 11) is 1.66. The number of benzene rings is 2. The van der Waals surface area contributed by atoms with Crippen molar-refractivity contribution in [1.29, 1.82) is 0 Å². The Hall–Kier alpha value is -2.66. The predicted molar refractivity (Wildman–Crippen MR) is 96.4 cm³/mol. The SMILES string of the molecule is COc1ccccc1/C(C)=N/Nc1nc(-c2ccccc2)cs1. The van der Waals surface area contributed by atoms with Crippen molar-refractivity contribution >= 4 is 22.2 Å². The molecule has 0 fully saturated rings. The Morgan fingerprint density at radius 3 is 2.61 bits per heavy atom. The molecule has 23 heavy (non-hydrogen) atoms. The van der Waals surface area contributed by atoms with Gasteiger partial charge in [0.15, 0.2) is 0 Å². The first-order valence-corrected chi connectivity index (χ1v) is 8.10. The number of ether oxygens (including phenoxy) is 1. The molecule has 1 N–H and O–H groups in total. The van der Waals surface area contributed by atoms with Crippen molar-refractivity contribution in [1.82, 2.24) is 4.98 Å². The fraction of sp³-hybridized carbons (Fsp3) is 0.111. The van der Waals surface area contributed by atoms with Crippen LogP contribution in [0.4, 0.5) is 5.13 Å². The Bertz CT molecular complexity index is 812. The average Bonchev–Trinajstić information content (AvgIpc) is 3.09. The third-order valence-electron chi connectivity index (χ3n) is 3.39. The normalized spacial score (nSPS) is 11.3. The second-order valence-electron chi connectivity index (χ2n) is 4.91. The summed E-state index contributed by atoms with van der Waals surface area (Å²) in [5.74, 6) is 0.805. The number of anilines is 1. The minimum absolute atomic E-state index is 0.762. The van der Waals surface area contributed by atoms with Gasteiger partial charge in [0.1, 0.15) is 5.75 Å². The van der Waals surface area contributed by atoms with Crippen molar-refractivity contribution in [3.63, 3.8) is 0 Å². The lowest BCUT2D eigenvalue weighted by Crippen LogP contribution is -2.02. The molecule has 0 aliphatic rings. The fourth-order valence-electron chi connectivity index (χ4n) is 2.20. The second kappa shape index (κ2) is 7.07. The van der Waals surface area contributed by atoms with Crippen LogP contribution in [0.5, 0.6) is 5.75 Å². The van der Waals surface area contributed by atoms with E-state index in [2.05, 4.69) is 15.5 Å². The molecule has 5 heteroatoms. The van der Waals surface area contributed by atoms with Crippen LogP contribution in [-0.4, -0.2) is 17.8 Å². The molecule has 4 nitrogen and oxygen atoms in total. The van der Waals surface area contributed by atoms with Gasteiger partial charge in [-0.05, 0) is 19.1 Å².